The van der Waals surface area contributed by atoms with Crippen LogP contribution in [0.15, 0.2) is 23.8 Å². The molecule has 0 spiro atoms. The maximum atomic E-state index is 10.2. The third-order valence-corrected chi connectivity index (χ3v) is 10.6. The van der Waals surface area contributed by atoms with Gasteiger partial charge < -0.3 is 5.11 Å². The van der Waals surface area contributed by atoms with Crippen LogP contribution < -0.4 is 0 Å². The van der Waals surface area contributed by atoms with Gasteiger partial charge in [0.2, 0.25) is 0 Å². The van der Waals surface area contributed by atoms with E-state index in [0.29, 0.717) is 16.7 Å². The van der Waals surface area contributed by atoms with E-state index in [4.69, 9.17) is 0 Å². The maximum Gasteiger partial charge on any atom is 0.0577 e. The molecule has 4 aliphatic rings. The molecule has 29 heavy (non-hydrogen) atoms. The topological polar surface area (TPSA) is 20.2 Å². The molecule has 0 heterocycles. The summed E-state index contributed by atoms with van der Waals surface area (Å²) in [5, 5.41) is 10.2. The summed E-state index contributed by atoms with van der Waals surface area (Å²) in [6.45, 7) is 16.7. The van der Waals surface area contributed by atoms with Crippen LogP contribution in [-0.4, -0.2) is 11.2 Å². The lowest BCUT2D eigenvalue weighted by Crippen LogP contribution is -2.50. The number of rotatable bonds is 5. The fraction of sp³-hybridized carbons (Fsp3) is 0.857. The first-order valence-electron chi connectivity index (χ1n) is 12.7. The molecule has 1 nitrogen and oxygen atoms in total. The van der Waals surface area contributed by atoms with Gasteiger partial charge in [0.25, 0.3) is 0 Å². The predicted molar refractivity (Wildman–Crippen MR) is 124 cm³/mol. The molecular formula is C28H46O. The lowest BCUT2D eigenvalue weighted by Gasteiger charge is -2.58. The number of hydrogen-bond acceptors (Lipinski definition) is 1. The van der Waals surface area contributed by atoms with Crippen molar-refractivity contribution in [1.29, 1.82) is 0 Å². The molecule has 3 fully saturated rings. The molecule has 0 saturated heterocycles. The molecule has 0 radical (unpaired) electrons. The van der Waals surface area contributed by atoms with E-state index in [1.807, 2.05) is 0 Å². The molecule has 0 bridgehead atoms. The van der Waals surface area contributed by atoms with Crippen LogP contribution in [0.4, 0.5) is 0 Å². The van der Waals surface area contributed by atoms with Gasteiger partial charge in [-0.1, -0.05) is 58.4 Å². The van der Waals surface area contributed by atoms with Gasteiger partial charge in [-0.15, -0.1) is 0 Å². The summed E-state index contributed by atoms with van der Waals surface area (Å²) in [4.78, 5) is 0. The summed E-state index contributed by atoms with van der Waals surface area (Å²) in [6.07, 6.45) is 15.3. The Kier molecular flexibility index (Phi) is 5.86. The zero-order valence-corrected chi connectivity index (χ0v) is 19.8. The largest absolute Gasteiger partial charge is 0.393 e. The van der Waals surface area contributed by atoms with Gasteiger partial charge in [0.1, 0.15) is 0 Å². The predicted octanol–water partition coefficient (Wildman–Crippen LogP) is 7.55. The Bertz CT molecular complexity index is 659. The van der Waals surface area contributed by atoms with Crippen molar-refractivity contribution in [2.45, 2.75) is 105 Å². The fourth-order valence-corrected chi connectivity index (χ4v) is 8.52. The summed E-state index contributed by atoms with van der Waals surface area (Å²) >= 11 is 0. The summed E-state index contributed by atoms with van der Waals surface area (Å²) in [6, 6.07) is 0. The van der Waals surface area contributed by atoms with Crippen molar-refractivity contribution < 1.29 is 5.11 Å². The highest BCUT2D eigenvalue weighted by atomic mass is 16.3. The van der Waals surface area contributed by atoms with Crippen molar-refractivity contribution in [3.05, 3.63) is 23.8 Å². The van der Waals surface area contributed by atoms with Crippen molar-refractivity contribution in [3.63, 3.8) is 0 Å². The first-order chi connectivity index (χ1) is 13.7. The highest BCUT2D eigenvalue weighted by molar-refractivity contribution is 5.25. The minimum absolute atomic E-state index is 0.0861. The second-order valence-corrected chi connectivity index (χ2v) is 12.2. The molecule has 1 heteroatoms. The third kappa shape index (κ3) is 3.58. The molecule has 8 atom stereocenters. The SMILES string of the molecule is C=C(CC[C@@H](C)[C@H]1CC[C@H]2C3CC=C4C[C@@H](O)CC[C@]4(C)[C@H]3CC[C@]12C)C(C)C. The van der Waals surface area contributed by atoms with E-state index in [1.165, 1.54) is 56.9 Å². The van der Waals surface area contributed by atoms with E-state index in [0.717, 1.165) is 42.4 Å². The van der Waals surface area contributed by atoms with Gasteiger partial charge >= 0.3 is 0 Å². The van der Waals surface area contributed by atoms with Crippen molar-refractivity contribution in [1.82, 2.24) is 0 Å². The third-order valence-electron chi connectivity index (χ3n) is 10.6. The minimum atomic E-state index is -0.0861. The van der Waals surface area contributed by atoms with Gasteiger partial charge in [-0.25, -0.2) is 0 Å². The van der Waals surface area contributed by atoms with Crippen LogP contribution in [0.1, 0.15) is 98.8 Å². The number of fused-ring (bicyclic) bond motifs is 5. The van der Waals surface area contributed by atoms with Crippen molar-refractivity contribution in [2.24, 2.45) is 46.3 Å². The average molecular weight is 399 g/mol. The highest BCUT2D eigenvalue weighted by Crippen LogP contribution is 2.67. The Labute approximate surface area is 180 Å². The van der Waals surface area contributed by atoms with Gasteiger partial charge in [-0.05, 0) is 111 Å². The summed E-state index contributed by atoms with van der Waals surface area (Å²) < 4.78 is 0. The normalized spacial score (nSPS) is 45.2. The van der Waals surface area contributed by atoms with Gasteiger partial charge in [0, 0.05) is 0 Å². The summed E-state index contributed by atoms with van der Waals surface area (Å²) in [5.74, 6) is 5.03. The molecule has 164 valence electrons. The maximum absolute atomic E-state index is 10.2. The number of hydrogen-bond donors (Lipinski definition) is 1. The van der Waals surface area contributed by atoms with Crippen molar-refractivity contribution in [3.8, 4) is 0 Å². The smallest absolute Gasteiger partial charge is 0.0577 e. The highest BCUT2D eigenvalue weighted by Gasteiger charge is 2.59. The molecule has 0 aromatic heterocycles. The second kappa shape index (κ2) is 7.85. The van der Waals surface area contributed by atoms with Crippen LogP contribution in [0.2, 0.25) is 0 Å². The zero-order valence-electron chi connectivity index (χ0n) is 19.8. The Morgan fingerprint density at radius 1 is 1.10 bits per heavy atom. The van der Waals surface area contributed by atoms with Crippen molar-refractivity contribution in [2.75, 3.05) is 0 Å². The Hall–Kier alpha value is -0.560. The van der Waals surface area contributed by atoms with Crippen LogP contribution in [0, 0.1) is 46.3 Å². The molecule has 3 saturated carbocycles. The molecule has 4 aliphatic carbocycles. The minimum Gasteiger partial charge on any atom is -0.393 e. The Morgan fingerprint density at radius 3 is 2.59 bits per heavy atom. The summed E-state index contributed by atoms with van der Waals surface area (Å²) in [5.41, 5.74) is 3.98. The van der Waals surface area contributed by atoms with E-state index in [2.05, 4.69) is 47.3 Å². The van der Waals surface area contributed by atoms with E-state index in [9.17, 15) is 5.11 Å². The first kappa shape index (κ1) is 21.7. The summed E-state index contributed by atoms with van der Waals surface area (Å²) in [7, 11) is 0. The number of allylic oxidation sites excluding steroid dienone is 2. The van der Waals surface area contributed by atoms with Gasteiger partial charge in [-0.2, -0.15) is 0 Å². The van der Waals surface area contributed by atoms with Crippen LogP contribution in [-0.2, 0) is 0 Å². The first-order valence-corrected chi connectivity index (χ1v) is 12.7. The quantitative estimate of drug-likeness (QED) is 0.474. The molecule has 0 aromatic carbocycles. The van der Waals surface area contributed by atoms with Crippen LogP contribution in [0.25, 0.3) is 0 Å². The monoisotopic (exact) mass is 398 g/mol. The van der Waals surface area contributed by atoms with Gasteiger partial charge in [0.05, 0.1) is 6.10 Å². The Morgan fingerprint density at radius 2 is 1.86 bits per heavy atom. The molecule has 0 aliphatic heterocycles. The zero-order chi connectivity index (χ0) is 21.0. The van der Waals surface area contributed by atoms with Gasteiger partial charge in [0.15, 0.2) is 0 Å². The standard InChI is InChI=1S/C28H46O/c1-18(2)19(3)7-8-20(4)24-11-12-25-23-10-9-21-17-22(29)13-15-27(21,5)26(23)14-16-28(24,25)6/h9,18,20,22-26,29H,3,7-8,10-17H2,1-2,4-6H3/t20-,22+,23?,24-,25+,26+,27+,28-/m1/s1. The molecule has 1 unspecified atom stereocenters. The van der Waals surface area contributed by atoms with Crippen LogP contribution in [0.3, 0.4) is 0 Å². The van der Waals surface area contributed by atoms with Crippen LogP contribution in [0.5, 0.6) is 0 Å². The van der Waals surface area contributed by atoms with Gasteiger partial charge in [-0.3, -0.25) is 0 Å². The van der Waals surface area contributed by atoms with E-state index in [1.54, 1.807) is 5.57 Å². The molecule has 0 amide bonds. The molecular weight excluding hydrogens is 352 g/mol. The van der Waals surface area contributed by atoms with E-state index >= 15 is 0 Å². The Balaban J connectivity index is 1.49. The van der Waals surface area contributed by atoms with E-state index < -0.39 is 0 Å². The van der Waals surface area contributed by atoms with E-state index in [-0.39, 0.29) is 6.10 Å². The lowest BCUT2D eigenvalue weighted by atomic mass is 9.47. The lowest BCUT2D eigenvalue weighted by molar-refractivity contribution is -0.0571. The molecule has 1 N–H and O–H groups in total. The molecule has 0 aromatic rings. The average Bonchev–Trinajstić information content (AvgIpc) is 3.03. The second-order valence-electron chi connectivity index (χ2n) is 12.2. The van der Waals surface area contributed by atoms with Crippen LogP contribution >= 0.6 is 0 Å². The van der Waals surface area contributed by atoms with Crippen molar-refractivity contribution >= 4 is 0 Å². The number of aliphatic hydroxyl groups excluding tert-OH is 1. The number of aliphatic hydroxyl groups is 1. The molecule has 4 rings (SSSR count). The fourth-order valence-electron chi connectivity index (χ4n) is 8.52.